The van der Waals surface area contributed by atoms with E-state index in [1.807, 2.05) is 13.8 Å². The number of nitrogens with zero attached hydrogens (tertiary/aromatic N) is 1. The van der Waals surface area contributed by atoms with Crippen LogP contribution in [0.25, 0.3) is 0 Å². The molecule has 0 aliphatic carbocycles. The Balaban J connectivity index is 2.90. The molecule has 22 heavy (non-hydrogen) atoms. The maximum atomic E-state index is 12.3. The SMILES string of the molecule is CCC(CC)(CCO)CNC(=O)c1cccc([N+](=O)[O-])c1C. The molecule has 0 aliphatic heterocycles. The highest BCUT2D eigenvalue weighted by molar-refractivity contribution is 5.96. The molecule has 0 unspecified atom stereocenters. The lowest BCUT2D eigenvalue weighted by molar-refractivity contribution is -0.385. The van der Waals surface area contributed by atoms with Crippen LogP contribution in [-0.2, 0) is 0 Å². The van der Waals surface area contributed by atoms with E-state index in [9.17, 15) is 20.0 Å². The number of nitrogens with one attached hydrogen (secondary N) is 1. The van der Waals surface area contributed by atoms with E-state index in [1.165, 1.54) is 12.1 Å². The van der Waals surface area contributed by atoms with Crippen molar-refractivity contribution in [1.82, 2.24) is 5.32 Å². The van der Waals surface area contributed by atoms with E-state index in [0.717, 1.165) is 12.8 Å². The van der Waals surface area contributed by atoms with Crippen LogP contribution in [0.15, 0.2) is 18.2 Å². The Labute approximate surface area is 130 Å². The van der Waals surface area contributed by atoms with Gasteiger partial charge in [0.25, 0.3) is 11.6 Å². The Hall–Kier alpha value is -1.95. The minimum Gasteiger partial charge on any atom is -0.396 e. The third kappa shape index (κ3) is 4.04. The topological polar surface area (TPSA) is 92.5 Å². The smallest absolute Gasteiger partial charge is 0.273 e. The van der Waals surface area contributed by atoms with Crippen molar-refractivity contribution in [3.05, 3.63) is 39.4 Å². The van der Waals surface area contributed by atoms with E-state index in [1.54, 1.807) is 13.0 Å². The van der Waals surface area contributed by atoms with Crippen molar-refractivity contribution in [2.24, 2.45) is 5.41 Å². The van der Waals surface area contributed by atoms with Crippen molar-refractivity contribution >= 4 is 11.6 Å². The zero-order chi connectivity index (χ0) is 16.8. The molecule has 6 heteroatoms. The molecular formula is C16H24N2O4. The number of carbonyl (C=O) groups is 1. The molecule has 0 heterocycles. The first-order valence-corrected chi connectivity index (χ1v) is 7.54. The standard InChI is InChI=1S/C16H24N2O4/c1-4-16(5-2,9-10-19)11-17-15(20)13-7-6-8-14(12(13)3)18(21)22/h6-8,19H,4-5,9-11H2,1-3H3,(H,17,20). The molecule has 6 nitrogen and oxygen atoms in total. The van der Waals surface area contributed by atoms with Crippen molar-refractivity contribution in [3.8, 4) is 0 Å². The molecule has 1 amide bonds. The fraction of sp³-hybridized carbons (Fsp3) is 0.562. The fourth-order valence-electron chi connectivity index (χ4n) is 2.61. The van der Waals surface area contributed by atoms with Gasteiger partial charge >= 0.3 is 0 Å². The predicted molar refractivity (Wildman–Crippen MR) is 84.9 cm³/mol. The lowest BCUT2D eigenvalue weighted by Gasteiger charge is -2.31. The van der Waals surface area contributed by atoms with Gasteiger partial charge in [0.2, 0.25) is 0 Å². The highest BCUT2D eigenvalue weighted by Crippen LogP contribution is 2.29. The summed E-state index contributed by atoms with van der Waals surface area (Å²) < 4.78 is 0. The van der Waals surface area contributed by atoms with Gasteiger partial charge in [-0.25, -0.2) is 0 Å². The first-order chi connectivity index (χ1) is 10.4. The van der Waals surface area contributed by atoms with E-state index in [2.05, 4.69) is 5.32 Å². The summed E-state index contributed by atoms with van der Waals surface area (Å²) in [5.41, 5.74) is 0.490. The second-order valence-electron chi connectivity index (χ2n) is 5.57. The van der Waals surface area contributed by atoms with E-state index in [-0.39, 0.29) is 23.6 Å². The molecule has 0 bridgehead atoms. The Bertz CT molecular complexity index is 539. The summed E-state index contributed by atoms with van der Waals surface area (Å²) in [5, 5.41) is 23.0. The lowest BCUT2D eigenvalue weighted by atomic mass is 9.79. The summed E-state index contributed by atoms with van der Waals surface area (Å²) in [7, 11) is 0. The third-order valence-electron chi connectivity index (χ3n) is 4.51. The molecule has 1 aromatic rings. The van der Waals surface area contributed by atoms with Crippen LogP contribution in [0, 0.1) is 22.5 Å². The summed E-state index contributed by atoms with van der Waals surface area (Å²) >= 11 is 0. The van der Waals surface area contributed by atoms with Gasteiger partial charge in [0.05, 0.1) is 4.92 Å². The second-order valence-corrected chi connectivity index (χ2v) is 5.57. The number of benzene rings is 1. The number of hydrogen-bond donors (Lipinski definition) is 2. The van der Waals surface area contributed by atoms with Crippen molar-refractivity contribution in [2.45, 2.75) is 40.0 Å². The summed E-state index contributed by atoms with van der Waals surface area (Å²) in [6.45, 7) is 6.16. The monoisotopic (exact) mass is 308 g/mol. The average molecular weight is 308 g/mol. The van der Waals surface area contributed by atoms with Gasteiger partial charge in [-0.2, -0.15) is 0 Å². The van der Waals surface area contributed by atoms with Gasteiger partial charge in [-0.3, -0.25) is 14.9 Å². The molecule has 1 aromatic carbocycles. The molecule has 0 aromatic heterocycles. The quantitative estimate of drug-likeness (QED) is 0.570. The first kappa shape index (κ1) is 18.1. The molecule has 0 fully saturated rings. The minimum atomic E-state index is -0.486. The van der Waals surface area contributed by atoms with Crippen molar-refractivity contribution in [1.29, 1.82) is 0 Å². The van der Waals surface area contributed by atoms with Gasteiger partial charge in [0.1, 0.15) is 0 Å². The number of amides is 1. The zero-order valence-corrected chi connectivity index (χ0v) is 13.4. The van der Waals surface area contributed by atoms with Crippen LogP contribution in [0.2, 0.25) is 0 Å². The second kappa shape index (κ2) is 7.89. The molecule has 122 valence electrons. The highest BCUT2D eigenvalue weighted by Gasteiger charge is 2.27. The van der Waals surface area contributed by atoms with Crippen LogP contribution in [0.1, 0.15) is 49.0 Å². The molecular weight excluding hydrogens is 284 g/mol. The third-order valence-corrected chi connectivity index (χ3v) is 4.51. The predicted octanol–water partition coefficient (Wildman–Crippen LogP) is 2.82. The van der Waals surface area contributed by atoms with Crippen LogP contribution in [0.5, 0.6) is 0 Å². The van der Waals surface area contributed by atoms with Crippen molar-refractivity contribution in [3.63, 3.8) is 0 Å². The zero-order valence-electron chi connectivity index (χ0n) is 13.4. The number of aliphatic hydroxyl groups is 1. The van der Waals surface area contributed by atoms with Gasteiger partial charge in [-0.05, 0) is 37.7 Å². The molecule has 0 spiro atoms. The summed E-state index contributed by atoms with van der Waals surface area (Å²) in [6.07, 6.45) is 2.31. The van der Waals surface area contributed by atoms with E-state index >= 15 is 0 Å². The minimum absolute atomic E-state index is 0.0553. The van der Waals surface area contributed by atoms with Crippen LogP contribution in [0.4, 0.5) is 5.69 Å². The van der Waals surface area contributed by atoms with Crippen LogP contribution < -0.4 is 5.32 Å². The van der Waals surface area contributed by atoms with Crippen LogP contribution >= 0.6 is 0 Å². The largest absolute Gasteiger partial charge is 0.396 e. The first-order valence-electron chi connectivity index (χ1n) is 7.54. The Morgan fingerprint density at radius 3 is 2.50 bits per heavy atom. The number of aliphatic hydroxyl groups excluding tert-OH is 1. The van der Waals surface area contributed by atoms with E-state index in [4.69, 9.17) is 0 Å². The Kier molecular flexibility index (Phi) is 6.49. The fourth-order valence-corrected chi connectivity index (χ4v) is 2.61. The molecule has 0 aliphatic rings. The molecule has 0 atom stereocenters. The highest BCUT2D eigenvalue weighted by atomic mass is 16.6. The number of nitro benzene ring substituents is 1. The van der Waals surface area contributed by atoms with Crippen LogP contribution in [-0.4, -0.2) is 29.1 Å². The number of carbonyl (C=O) groups excluding carboxylic acids is 1. The maximum Gasteiger partial charge on any atom is 0.273 e. The van der Waals surface area contributed by atoms with E-state index < -0.39 is 4.92 Å². The normalized spacial score (nSPS) is 11.3. The number of nitro groups is 1. The molecule has 2 N–H and O–H groups in total. The summed E-state index contributed by atoms with van der Waals surface area (Å²) in [6, 6.07) is 4.49. The van der Waals surface area contributed by atoms with Gasteiger partial charge in [-0.15, -0.1) is 0 Å². The van der Waals surface area contributed by atoms with Crippen molar-refractivity contribution in [2.75, 3.05) is 13.2 Å². The van der Waals surface area contributed by atoms with Gasteiger partial charge in [0.15, 0.2) is 0 Å². The maximum absolute atomic E-state index is 12.3. The molecule has 0 saturated carbocycles. The number of hydrogen-bond acceptors (Lipinski definition) is 4. The Morgan fingerprint density at radius 2 is 2.00 bits per heavy atom. The summed E-state index contributed by atoms with van der Waals surface area (Å²) in [4.78, 5) is 22.8. The van der Waals surface area contributed by atoms with Crippen LogP contribution in [0.3, 0.4) is 0 Å². The lowest BCUT2D eigenvalue weighted by Crippen LogP contribution is -2.38. The van der Waals surface area contributed by atoms with Gasteiger partial charge in [-0.1, -0.05) is 19.9 Å². The number of rotatable bonds is 8. The average Bonchev–Trinajstić information content (AvgIpc) is 2.51. The molecule has 0 saturated heterocycles. The summed E-state index contributed by atoms with van der Waals surface area (Å²) in [5.74, 6) is -0.314. The van der Waals surface area contributed by atoms with Crippen molar-refractivity contribution < 1.29 is 14.8 Å². The van der Waals surface area contributed by atoms with E-state index in [0.29, 0.717) is 24.1 Å². The molecule has 0 radical (unpaired) electrons. The van der Waals surface area contributed by atoms with Gasteiger partial charge < -0.3 is 10.4 Å². The Morgan fingerprint density at radius 1 is 1.36 bits per heavy atom. The van der Waals surface area contributed by atoms with Gasteiger partial charge in [0, 0.05) is 30.3 Å². The molecule has 1 rings (SSSR count).